The average Bonchev–Trinajstić information content (AvgIpc) is 3.14. The highest BCUT2D eigenvalue weighted by atomic mass is 19.1. The van der Waals surface area contributed by atoms with Crippen LogP contribution in [0.2, 0.25) is 0 Å². The van der Waals surface area contributed by atoms with Crippen molar-refractivity contribution in [1.82, 2.24) is 4.57 Å². The van der Waals surface area contributed by atoms with Gasteiger partial charge in [0.1, 0.15) is 17.5 Å². The first-order valence-electron chi connectivity index (χ1n) is 8.18. The second-order valence-corrected chi connectivity index (χ2v) is 5.76. The summed E-state index contributed by atoms with van der Waals surface area (Å²) in [5.74, 6) is -2.28. The van der Waals surface area contributed by atoms with Gasteiger partial charge in [0.25, 0.3) is 5.91 Å². The fourth-order valence-electron chi connectivity index (χ4n) is 2.60. The van der Waals surface area contributed by atoms with Crippen LogP contribution < -0.4 is 5.32 Å². The van der Waals surface area contributed by atoms with Gasteiger partial charge in [-0.05, 0) is 48.5 Å². The second kappa shape index (κ2) is 8.01. The predicted octanol–water partition coefficient (Wildman–Crippen LogP) is 3.86. The molecule has 0 spiro atoms. The third-order valence-electron chi connectivity index (χ3n) is 3.92. The fourth-order valence-corrected chi connectivity index (χ4v) is 2.60. The number of carboxylic acid groups (broad SMARTS) is 1. The molecule has 1 heterocycles. The van der Waals surface area contributed by atoms with Crippen LogP contribution in [0, 0.1) is 17.1 Å². The molecule has 0 saturated heterocycles. The third-order valence-corrected chi connectivity index (χ3v) is 3.92. The van der Waals surface area contributed by atoms with Gasteiger partial charge >= 0.3 is 5.97 Å². The van der Waals surface area contributed by atoms with Gasteiger partial charge in [0.15, 0.2) is 0 Å². The Kier molecular flexibility index (Phi) is 5.33. The normalized spacial score (nSPS) is 10.9. The Hall–Kier alpha value is -4.18. The lowest BCUT2D eigenvalue weighted by molar-refractivity contribution is -0.112. The minimum absolute atomic E-state index is 0.00807. The number of rotatable bonds is 5. The molecule has 2 N–H and O–H groups in total. The van der Waals surface area contributed by atoms with Crippen molar-refractivity contribution < 1.29 is 19.1 Å². The van der Waals surface area contributed by atoms with Crippen LogP contribution in [0.4, 0.5) is 10.1 Å². The van der Waals surface area contributed by atoms with Crippen molar-refractivity contribution in [3.05, 3.63) is 89.5 Å². The molecule has 0 fully saturated rings. The number of amides is 1. The van der Waals surface area contributed by atoms with E-state index in [0.717, 1.165) is 0 Å². The van der Waals surface area contributed by atoms with E-state index < -0.39 is 17.7 Å². The predicted molar refractivity (Wildman–Crippen MR) is 101 cm³/mol. The van der Waals surface area contributed by atoms with Crippen LogP contribution in [-0.2, 0) is 4.79 Å². The molecule has 0 aliphatic rings. The molecule has 2 aromatic carbocycles. The maximum absolute atomic E-state index is 14.1. The molecule has 1 amide bonds. The summed E-state index contributed by atoms with van der Waals surface area (Å²) in [6.07, 6.45) is 2.95. The topological polar surface area (TPSA) is 95.1 Å². The smallest absolute Gasteiger partial charge is 0.335 e. The highest BCUT2D eigenvalue weighted by Crippen LogP contribution is 2.19. The number of para-hydroxylation sites is 1. The summed E-state index contributed by atoms with van der Waals surface area (Å²) in [4.78, 5) is 23.5. The minimum atomic E-state index is -1.13. The molecule has 3 aromatic rings. The van der Waals surface area contributed by atoms with Crippen molar-refractivity contribution in [2.24, 2.45) is 0 Å². The molecule has 0 aliphatic carbocycles. The van der Waals surface area contributed by atoms with Gasteiger partial charge in [-0.3, -0.25) is 4.79 Å². The molecule has 138 valence electrons. The lowest BCUT2D eigenvalue weighted by Gasteiger charge is -2.09. The van der Waals surface area contributed by atoms with Crippen molar-refractivity contribution in [1.29, 1.82) is 5.26 Å². The van der Waals surface area contributed by atoms with E-state index in [1.807, 2.05) is 6.07 Å². The van der Waals surface area contributed by atoms with E-state index in [0.29, 0.717) is 5.69 Å². The summed E-state index contributed by atoms with van der Waals surface area (Å²) in [5.41, 5.74) is 0.767. The number of carbonyl (C=O) groups excluding carboxylic acids is 1. The maximum Gasteiger partial charge on any atom is 0.335 e. The molecule has 28 heavy (non-hydrogen) atoms. The number of aromatic carboxylic acids is 1. The van der Waals surface area contributed by atoms with Crippen LogP contribution in [-0.4, -0.2) is 21.6 Å². The standard InChI is InChI=1S/C21H14FN3O3/c22-18-8-1-2-9-19(18)25-10-4-7-17(25)12-15(13-23)20(26)24-16-6-3-5-14(11-16)21(27)28/h1-12H,(H,24,26)(H,27,28)/b15-12-. The Morgan fingerprint density at radius 1 is 1.11 bits per heavy atom. The van der Waals surface area contributed by atoms with Crippen molar-refractivity contribution >= 4 is 23.6 Å². The van der Waals surface area contributed by atoms with Gasteiger partial charge in [0.2, 0.25) is 0 Å². The summed E-state index contributed by atoms with van der Waals surface area (Å²) in [5, 5.41) is 20.9. The van der Waals surface area contributed by atoms with Crippen molar-refractivity contribution in [3.8, 4) is 11.8 Å². The Labute approximate surface area is 159 Å². The molecule has 1 aromatic heterocycles. The second-order valence-electron chi connectivity index (χ2n) is 5.76. The third kappa shape index (κ3) is 3.97. The van der Waals surface area contributed by atoms with Crippen LogP contribution in [0.5, 0.6) is 0 Å². The average molecular weight is 375 g/mol. The Morgan fingerprint density at radius 3 is 2.61 bits per heavy atom. The highest BCUT2D eigenvalue weighted by molar-refractivity contribution is 6.09. The number of aromatic nitrogens is 1. The first-order chi connectivity index (χ1) is 13.5. The molecule has 0 atom stereocenters. The Morgan fingerprint density at radius 2 is 1.89 bits per heavy atom. The SMILES string of the molecule is N#C/C(=C/c1cccn1-c1ccccc1F)C(=O)Nc1cccc(C(=O)O)c1. The van der Waals surface area contributed by atoms with E-state index >= 15 is 0 Å². The monoisotopic (exact) mass is 375 g/mol. The number of carbonyl (C=O) groups is 2. The first kappa shape index (κ1) is 18.6. The molecular weight excluding hydrogens is 361 g/mol. The van der Waals surface area contributed by atoms with Crippen LogP contribution in [0.25, 0.3) is 11.8 Å². The molecule has 3 rings (SSSR count). The lowest BCUT2D eigenvalue weighted by Crippen LogP contribution is -2.14. The summed E-state index contributed by atoms with van der Waals surface area (Å²) in [6, 6.07) is 16.9. The largest absolute Gasteiger partial charge is 0.478 e. The summed E-state index contributed by atoms with van der Waals surface area (Å²) < 4.78 is 15.6. The molecule has 6 nitrogen and oxygen atoms in total. The van der Waals surface area contributed by atoms with E-state index in [-0.39, 0.29) is 22.5 Å². The maximum atomic E-state index is 14.1. The van der Waals surface area contributed by atoms with Gasteiger partial charge in [-0.25, -0.2) is 9.18 Å². The van der Waals surface area contributed by atoms with Crippen molar-refractivity contribution in [3.63, 3.8) is 0 Å². The number of nitrogens with one attached hydrogen (secondary N) is 1. The van der Waals surface area contributed by atoms with E-state index in [4.69, 9.17) is 5.11 Å². The van der Waals surface area contributed by atoms with Gasteiger partial charge < -0.3 is 15.0 Å². The minimum Gasteiger partial charge on any atom is -0.478 e. The van der Waals surface area contributed by atoms with Crippen molar-refractivity contribution in [2.75, 3.05) is 5.32 Å². The van der Waals surface area contributed by atoms with Gasteiger partial charge in [0, 0.05) is 17.6 Å². The number of hydrogen-bond donors (Lipinski definition) is 2. The number of halogens is 1. The molecule has 0 bridgehead atoms. The molecule has 7 heteroatoms. The number of anilines is 1. The molecule has 0 saturated carbocycles. The van der Waals surface area contributed by atoms with Gasteiger partial charge in [0.05, 0.1) is 11.3 Å². The van der Waals surface area contributed by atoms with Crippen LogP contribution in [0.1, 0.15) is 16.1 Å². The van der Waals surface area contributed by atoms with E-state index in [1.165, 1.54) is 41.0 Å². The number of carboxylic acids is 1. The van der Waals surface area contributed by atoms with Gasteiger partial charge in [-0.15, -0.1) is 0 Å². The summed E-state index contributed by atoms with van der Waals surface area (Å²) in [7, 11) is 0. The van der Waals surface area contributed by atoms with E-state index in [2.05, 4.69) is 5.32 Å². The molecular formula is C21H14FN3O3. The summed E-state index contributed by atoms with van der Waals surface area (Å²) in [6.45, 7) is 0. The molecule has 0 aliphatic heterocycles. The number of nitrogens with zero attached hydrogens (tertiary/aromatic N) is 2. The van der Waals surface area contributed by atoms with E-state index in [9.17, 15) is 19.2 Å². The Balaban J connectivity index is 1.90. The highest BCUT2D eigenvalue weighted by Gasteiger charge is 2.13. The zero-order valence-corrected chi connectivity index (χ0v) is 14.5. The molecule has 0 radical (unpaired) electrons. The van der Waals surface area contributed by atoms with E-state index in [1.54, 1.807) is 36.5 Å². The summed E-state index contributed by atoms with van der Waals surface area (Å²) >= 11 is 0. The zero-order chi connectivity index (χ0) is 20.1. The fraction of sp³-hybridized carbons (Fsp3) is 0. The zero-order valence-electron chi connectivity index (χ0n) is 14.5. The number of benzene rings is 2. The quantitative estimate of drug-likeness (QED) is 0.523. The van der Waals surface area contributed by atoms with Crippen LogP contribution in [0.15, 0.2) is 72.4 Å². The van der Waals surface area contributed by atoms with Gasteiger partial charge in [-0.2, -0.15) is 5.26 Å². The van der Waals surface area contributed by atoms with Crippen LogP contribution >= 0.6 is 0 Å². The van der Waals surface area contributed by atoms with Crippen LogP contribution in [0.3, 0.4) is 0 Å². The van der Waals surface area contributed by atoms with Gasteiger partial charge in [-0.1, -0.05) is 18.2 Å². The Bertz CT molecular complexity index is 1130. The first-order valence-corrected chi connectivity index (χ1v) is 8.18. The lowest BCUT2D eigenvalue weighted by atomic mass is 10.1. The number of hydrogen-bond acceptors (Lipinski definition) is 3. The number of nitriles is 1. The van der Waals surface area contributed by atoms with Crippen molar-refractivity contribution in [2.45, 2.75) is 0 Å². The molecule has 0 unspecified atom stereocenters.